The molecule has 5 rings (SSSR count). The van der Waals surface area contributed by atoms with Gasteiger partial charge in [0.25, 0.3) is 0 Å². The van der Waals surface area contributed by atoms with Crippen molar-refractivity contribution in [1.82, 2.24) is 24.4 Å². The smallest absolute Gasteiger partial charge is 0.337 e. The van der Waals surface area contributed by atoms with Gasteiger partial charge in [-0.2, -0.15) is 0 Å². The van der Waals surface area contributed by atoms with Gasteiger partial charge < -0.3 is 19.7 Å². The Morgan fingerprint density at radius 3 is 2.47 bits per heavy atom. The summed E-state index contributed by atoms with van der Waals surface area (Å²) < 4.78 is 6.06. The van der Waals surface area contributed by atoms with Gasteiger partial charge in [-0.25, -0.2) is 14.8 Å². The Morgan fingerprint density at radius 2 is 1.76 bits per heavy atom. The molecule has 1 aliphatic carbocycles. The molecule has 176 valence electrons. The van der Waals surface area contributed by atoms with E-state index >= 15 is 0 Å². The molecule has 0 atom stereocenters. The molecule has 3 aromatic rings. The second kappa shape index (κ2) is 8.75. The van der Waals surface area contributed by atoms with Gasteiger partial charge in [0.05, 0.1) is 18.2 Å². The van der Waals surface area contributed by atoms with E-state index in [1.807, 2.05) is 12.1 Å². The highest BCUT2D eigenvalue weighted by molar-refractivity contribution is 6.26. The Hall–Kier alpha value is -3.99. The molecule has 0 radical (unpaired) electrons. The number of benzene rings is 1. The summed E-state index contributed by atoms with van der Waals surface area (Å²) in [5.41, 5.74) is 1.71. The quantitative estimate of drug-likeness (QED) is 0.388. The van der Waals surface area contributed by atoms with Gasteiger partial charge in [0.2, 0.25) is 11.6 Å². The number of carbonyl (C=O) groups excluding carboxylic acids is 3. The lowest BCUT2D eigenvalue weighted by atomic mass is 9.94. The standard InChI is InChI=1S/C23H23N6O5/c1-34-23(32)15-3-5-16(6-4-15)27-11-9-26(10-12-27)7-2-8-28-19-20(29(28)33)21(30)17-13-24-14-25-18(17)22(19)31/h3-6,13-14H,2,7-12H2,1H3/q-1. The van der Waals surface area contributed by atoms with Gasteiger partial charge in [0, 0.05) is 51.2 Å². The van der Waals surface area contributed by atoms with E-state index in [-0.39, 0.29) is 28.6 Å². The summed E-state index contributed by atoms with van der Waals surface area (Å²) >= 11 is 0. The van der Waals surface area contributed by atoms with Gasteiger partial charge in [-0.3, -0.25) is 19.2 Å². The van der Waals surface area contributed by atoms with Crippen LogP contribution in [-0.2, 0) is 11.3 Å². The number of carbonyl (C=O) groups is 3. The van der Waals surface area contributed by atoms with E-state index in [2.05, 4.69) is 19.8 Å². The number of fused-ring (bicyclic) bond motifs is 2. The van der Waals surface area contributed by atoms with Crippen LogP contribution in [0, 0.1) is 5.21 Å². The number of methoxy groups -OCH3 is 1. The third kappa shape index (κ3) is 3.63. The first-order chi connectivity index (χ1) is 16.5. The Balaban J connectivity index is 1.15. The van der Waals surface area contributed by atoms with Crippen LogP contribution < -0.4 is 4.90 Å². The number of esters is 1. The van der Waals surface area contributed by atoms with Crippen LogP contribution in [0.15, 0.2) is 36.8 Å². The molecule has 1 saturated heterocycles. The fraction of sp³-hybridized carbons (Fsp3) is 0.348. The summed E-state index contributed by atoms with van der Waals surface area (Å²) in [5, 5.41) is 12.5. The van der Waals surface area contributed by atoms with Gasteiger partial charge in [0.15, 0.2) is 0 Å². The minimum Gasteiger partial charge on any atom is -0.791 e. The molecule has 2 aliphatic rings. The monoisotopic (exact) mass is 463 g/mol. The lowest BCUT2D eigenvalue weighted by molar-refractivity contribution is 0.0600. The molecule has 0 N–H and O–H groups in total. The number of hydrogen-bond donors (Lipinski definition) is 0. The Bertz CT molecular complexity index is 1250. The Kier molecular flexibility index (Phi) is 5.62. The van der Waals surface area contributed by atoms with E-state index < -0.39 is 11.6 Å². The molecule has 1 fully saturated rings. The second-order valence-corrected chi connectivity index (χ2v) is 8.26. The summed E-state index contributed by atoms with van der Waals surface area (Å²) in [6.45, 7) is 4.51. The predicted octanol–water partition coefficient (Wildman–Crippen LogP) is 1.20. The van der Waals surface area contributed by atoms with Crippen molar-refractivity contribution in [1.29, 1.82) is 0 Å². The minimum absolute atomic E-state index is 0.0487. The van der Waals surface area contributed by atoms with E-state index in [0.717, 1.165) is 38.4 Å². The molecule has 0 saturated carbocycles. The lowest BCUT2D eigenvalue weighted by Gasteiger charge is -2.38. The van der Waals surface area contributed by atoms with Crippen LogP contribution in [0.4, 0.5) is 5.69 Å². The highest BCUT2D eigenvalue weighted by atomic mass is 16.5. The van der Waals surface area contributed by atoms with Crippen molar-refractivity contribution < 1.29 is 19.1 Å². The topological polar surface area (TPSA) is 126 Å². The maximum absolute atomic E-state index is 12.7. The summed E-state index contributed by atoms with van der Waals surface area (Å²) in [6.07, 6.45) is 3.16. The first-order valence-electron chi connectivity index (χ1n) is 11.0. The van der Waals surface area contributed by atoms with E-state index in [1.54, 1.807) is 12.1 Å². The average molecular weight is 463 g/mol. The van der Waals surface area contributed by atoms with Crippen LogP contribution >= 0.6 is 0 Å². The molecule has 2 aromatic heterocycles. The fourth-order valence-corrected chi connectivity index (χ4v) is 4.52. The lowest BCUT2D eigenvalue weighted by Crippen LogP contribution is -2.47. The highest BCUT2D eigenvalue weighted by Gasteiger charge is 2.38. The molecule has 0 bridgehead atoms. The van der Waals surface area contributed by atoms with Crippen molar-refractivity contribution in [3.05, 3.63) is 70.2 Å². The zero-order valence-corrected chi connectivity index (χ0v) is 18.6. The predicted molar refractivity (Wildman–Crippen MR) is 121 cm³/mol. The molecule has 34 heavy (non-hydrogen) atoms. The molecule has 1 aromatic carbocycles. The van der Waals surface area contributed by atoms with Crippen LogP contribution in [0.25, 0.3) is 0 Å². The van der Waals surface area contributed by atoms with Crippen molar-refractivity contribution in [3.8, 4) is 0 Å². The Labute approximate surface area is 195 Å². The normalized spacial score (nSPS) is 15.9. The number of piperazine rings is 1. The van der Waals surface area contributed by atoms with Crippen LogP contribution in [0.3, 0.4) is 0 Å². The van der Waals surface area contributed by atoms with E-state index in [0.29, 0.717) is 23.4 Å². The van der Waals surface area contributed by atoms with Crippen molar-refractivity contribution >= 4 is 23.2 Å². The summed E-state index contributed by atoms with van der Waals surface area (Å²) in [6, 6.07) is 7.37. The third-order valence-corrected chi connectivity index (χ3v) is 6.37. The molecule has 0 spiro atoms. The van der Waals surface area contributed by atoms with Crippen molar-refractivity contribution in [3.63, 3.8) is 0 Å². The van der Waals surface area contributed by atoms with E-state index in [1.165, 1.54) is 24.3 Å². The van der Waals surface area contributed by atoms with Gasteiger partial charge in [-0.05, 0) is 30.7 Å². The molecule has 3 heterocycles. The molecular weight excluding hydrogens is 440 g/mol. The summed E-state index contributed by atoms with van der Waals surface area (Å²) in [5.74, 6) is -1.27. The van der Waals surface area contributed by atoms with Gasteiger partial charge in [0.1, 0.15) is 23.4 Å². The van der Waals surface area contributed by atoms with Crippen LogP contribution in [0.1, 0.15) is 49.0 Å². The van der Waals surface area contributed by atoms with E-state index in [9.17, 15) is 19.6 Å². The first-order valence-corrected chi connectivity index (χ1v) is 11.0. The number of rotatable bonds is 6. The number of nitrogens with zero attached hydrogens (tertiary/aromatic N) is 6. The Morgan fingerprint density at radius 1 is 1.03 bits per heavy atom. The summed E-state index contributed by atoms with van der Waals surface area (Å²) in [7, 11) is 1.36. The largest absolute Gasteiger partial charge is 0.791 e. The maximum Gasteiger partial charge on any atom is 0.337 e. The number of aromatic nitrogens is 4. The molecule has 1 aliphatic heterocycles. The first kappa shape index (κ1) is 21.8. The molecular formula is C23H23N6O5-. The third-order valence-electron chi connectivity index (χ3n) is 6.37. The fourth-order valence-electron chi connectivity index (χ4n) is 4.52. The SMILES string of the molecule is COC(=O)c1ccc(N2CCN(CCCn3c4c(n3[O-])C(=O)c3cncnc3C4=O)CC2)cc1. The number of ether oxygens (including phenoxy) is 1. The maximum atomic E-state index is 12.7. The zero-order valence-electron chi connectivity index (χ0n) is 18.6. The van der Waals surface area contributed by atoms with Crippen molar-refractivity contribution in [2.45, 2.75) is 13.0 Å². The minimum atomic E-state index is -0.507. The number of ketones is 2. The van der Waals surface area contributed by atoms with Gasteiger partial charge in [-0.1, -0.05) is 0 Å². The second-order valence-electron chi connectivity index (χ2n) is 8.26. The van der Waals surface area contributed by atoms with Gasteiger partial charge in [-0.15, -0.1) is 0 Å². The molecule has 11 heteroatoms. The van der Waals surface area contributed by atoms with Crippen molar-refractivity contribution in [2.24, 2.45) is 0 Å². The molecule has 0 amide bonds. The molecule has 0 unspecified atom stereocenters. The highest BCUT2D eigenvalue weighted by Crippen LogP contribution is 2.28. The van der Waals surface area contributed by atoms with Crippen LogP contribution in [0.5, 0.6) is 0 Å². The van der Waals surface area contributed by atoms with Crippen molar-refractivity contribution in [2.75, 3.05) is 44.7 Å². The number of anilines is 1. The van der Waals surface area contributed by atoms with Crippen LogP contribution in [-0.4, -0.2) is 81.8 Å². The average Bonchev–Trinajstić information content (AvgIpc) is 2.88. The van der Waals surface area contributed by atoms with Gasteiger partial charge >= 0.3 is 5.97 Å². The summed E-state index contributed by atoms with van der Waals surface area (Å²) in [4.78, 5) is 49.7. The van der Waals surface area contributed by atoms with E-state index in [4.69, 9.17) is 4.74 Å². The molecule has 11 nitrogen and oxygen atoms in total. The van der Waals surface area contributed by atoms with Crippen LogP contribution in [0.2, 0.25) is 0 Å². The number of hydrogen-bond acceptors (Lipinski definition) is 9. The zero-order chi connectivity index (χ0) is 23.8.